The van der Waals surface area contributed by atoms with E-state index in [9.17, 15) is 4.79 Å². The number of nitrogens with one attached hydrogen (secondary N) is 1. The summed E-state index contributed by atoms with van der Waals surface area (Å²) < 4.78 is 0. The van der Waals surface area contributed by atoms with Crippen LogP contribution < -0.4 is 5.32 Å². The van der Waals surface area contributed by atoms with Crippen molar-refractivity contribution in [3.8, 4) is 0 Å². The van der Waals surface area contributed by atoms with Crippen LogP contribution in [0.25, 0.3) is 10.9 Å². The van der Waals surface area contributed by atoms with Gasteiger partial charge >= 0.3 is 0 Å². The maximum absolute atomic E-state index is 12.7. The summed E-state index contributed by atoms with van der Waals surface area (Å²) in [5.41, 5.74) is 2.81. The topological polar surface area (TPSA) is 42.0 Å². The molecule has 0 aliphatic carbocycles. The Labute approximate surface area is 136 Å². The lowest BCUT2D eigenvalue weighted by molar-refractivity contribution is -0.117. The fraction of sp³-hybridized carbons (Fsp3) is 0.200. The molecule has 0 saturated carbocycles. The molecule has 1 aromatic heterocycles. The molecule has 3 nitrogen and oxygen atoms in total. The number of fused-ring (bicyclic) bond motifs is 1. The van der Waals surface area contributed by atoms with Gasteiger partial charge in [0.05, 0.1) is 11.4 Å². The van der Waals surface area contributed by atoms with Crippen molar-refractivity contribution in [3.63, 3.8) is 0 Å². The molecule has 0 fully saturated rings. The predicted molar refractivity (Wildman–Crippen MR) is 94.5 cm³/mol. The standard InChI is InChI=1S/C20H20N2O/c1-2-7-18(15-8-4-3-5-9-15)20(23)22-17-11-12-19-16(14-17)10-6-13-21-19/h3-6,8-14,18H,2,7H2,1H3,(H,22,23). The zero-order valence-electron chi connectivity index (χ0n) is 13.2. The summed E-state index contributed by atoms with van der Waals surface area (Å²) in [4.78, 5) is 17.0. The number of hydrogen-bond donors (Lipinski definition) is 1. The van der Waals surface area contributed by atoms with Crippen molar-refractivity contribution >= 4 is 22.5 Å². The monoisotopic (exact) mass is 304 g/mol. The van der Waals surface area contributed by atoms with Gasteiger partial charge in [-0.25, -0.2) is 0 Å². The van der Waals surface area contributed by atoms with Crippen LogP contribution in [0.2, 0.25) is 0 Å². The van der Waals surface area contributed by atoms with Gasteiger partial charge in [-0.05, 0) is 36.2 Å². The first kappa shape index (κ1) is 15.2. The largest absolute Gasteiger partial charge is 0.326 e. The highest BCUT2D eigenvalue weighted by Gasteiger charge is 2.19. The van der Waals surface area contributed by atoms with Crippen LogP contribution >= 0.6 is 0 Å². The maximum Gasteiger partial charge on any atom is 0.231 e. The molecule has 1 atom stereocenters. The lowest BCUT2D eigenvalue weighted by Crippen LogP contribution is -2.21. The molecule has 0 aliphatic heterocycles. The summed E-state index contributed by atoms with van der Waals surface area (Å²) >= 11 is 0. The molecular weight excluding hydrogens is 284 g/mol. The molecular formula is C20H20N2O. The van der Waals surface area contributed by atoms with E-state index in [1.165, 1.54) is 0 Å². The van der Waals surface area contributed by atoms with Crippen molar-refractivity contribution in [1.82, 2.24) is 4.98 Å². The number of hydrogen-bond acceptors (Lipinski definition) is 2. The van der Waals surface area contributed by atoms with Crippen LogP contribution in [0.4, 0.5) is 5.69 Å². The molecule has 3 aromatic rings. The molecule has 0 aliphatic rings. The second-order valence-electron chi connectivity index (χ2n) is 5.65. The Hall–Kier alpha value is -2.68. The van der Waals surface area contributed by atoms with Gasteiger partial charge in [-0.2, -0.15) is 0 Å². The molecule has 1 unspecified atom stereocenters. The molecule has 1 N–H and O–H groups in total. The van der Waals surface area contributed by atoms with Crippen molar-refractivity contribution in [3.05, 3.63) is 72.4 Å². The van der Waals surface area contributed by atoms with Gasteiger partial charge < -0.3 is 5.32 Å². The zero-order chi connectivity index (χ0) is 16.1. The van der Waals surface area contributed by atoms with Crippen molar-refractivity contribution in [1.29, 1.82) is 0 Å². The average Bonchev–Trinajstić information content (AvgIpc) is 2.60. The van der Waals surface area contributed by atoms with Crippen LogP contribution in [0.3, 0.4) is 0 Å². The Balaban J connectivity index is 1.82. The first-order chi connectivity index (χ1) is 11.3. The highest BCUT2D eigenvalue weighted by molar-refractivity contribution is 5.97. The number of rotatable bonds is 5. The van der Waals surface area contributed by atoms with Gasteiger partial charge in [0.1, 0.15) is 0 Å². The summed E-state index contributed by atoms with van der Waals surface area (Å²) in [6, 6.07) is 19.7. The lowest BCUT2D eigenvalue weighted by Gasteiger charge is -2.16. The molecule has 0 radical (unpaired) electrons. The van der Waals surface area contributed by atoms with Gasteiger partial charge in [0.25, 0.3) is 0 Å². The van der Waals surface area contributed by atoms with Crippen molar-refractivity contribution < 1.29 is 4.79 Å². The molecule has 116 valence electrons. The Kier molecular flexibility index (Phi) is 4.67. The second-order valence-corrected chi connectivity index (χ2v) is 5.65. The summed E-state index contributed by atoms with van der Waals surface area (Å²) in [7, 11) is 0. The number of amides is 1. The third kappa shape index (κ3) is 3.57. The second kappa shape index (κ2) is 7.05. The first-order valence-corrected chi connectivity index (χ1v) is 7.98. The molecule has 3 heteroatoms. The van der Waals surface area contributed by atoms with E-state index < -0.39 is 0 Å². The van der Waals surface area contributed by atoms with Crippen LogP contribution in [0.15, 0.2) is 66.9 Å². The predicted octanol–water partition coefficient (Wildman–Crippen LogP) is 4.76. The average molecular weight is 304 g/mol. The van der Waals surface area contributed by atoms with E-state index >= 15 is 0 Å². The Morgan fingerprint density at radius 1 is 1.09 bits per heavy atom. The molecule has 2 aromatic carbocycles. The lowest BCUT2D eigenvalue weighted by atomic mass is 9.93. The molecule has 0 saturated heterocycles. The molecule has 0 spiro atoms. The van der Waals surface area contributed by atoms with Crippen LogP contribution in [-0.2, 0) is 4.79 Å². The van der Waals surface area contributed by atoms with Crippen molar-refractivity contribution in [2.24, 2.45) is 0 Å². The van der Waals surface area contributed by atoms with Gasteiger partial charge in [0, 0.05) is 17.3 Å². The van der Waals surface area contributed by atoms with E-state index in [4.69, 9.17) is 0 Å². The Morgan fingerprint density at radius 2 is 1.91 bits per heavy atom. The SMILES string of the molecule is CCCC(C(=O)Nc1ccc2ncccc2c1)c1ccccc1. The number of carbonyl (C=O) groups is 1. The third-order valence-corrected chi connectivity index (χ3v) is 3.97. The van der Waals surface area contributed by atoms with Crippen LogP contribution in [0.1, 0.15) is 31.2 Å². The van der Waals surface area contributed by atoms with Gasteiger partial charge in [0.15, 0.2) is 0 Å². The van der Waals surface area contributed by atoms with Gasteiger partial charge in [-0.1, -0.05) is 49.7 Å². The van der Waals surface area contributed by atoms with E-state index in [1.807, 2.05) is 60.7 Å². The van der Waals surface area contributed by atoms with Crippen LogP contribution in [0, 0.1) is 0 Å². The first-order valence-electron chi connectivity index (χ1n) is 7.98. The Morgan fingerprint density at radius 3 is 2.70 bits per heavy atom. The summed E-state index contributed by atoms with van der Waals surface area (Å²) in [6.45, 7) is 2.10. The number of anilines is 1. The van der Waals surface area contributed by atoms with E-state index in [-0.39, 0.29) is 11.8 Å². The van der Waals surface area contributed by atoms with E-state index in [2.05, 4.69) is 17.2 Å². The highest BCUT2D eigenvalue weighted by atomic mass is 16.1. The van der Waals surface area contributed by atoms with Crippen LogP contribution in [0.5, 0.6) is 0 Å². The molecule has 1 amide bonds. The van der Waals surface area contributed by atoms with Crippen molar-refractivity contribution in [2.45, 2.75) is 25.7 Å². The normalized spacial score (nSPS) is 12.0. The van der Waals surface area contributed by atoms with Crippen LogP contribution in [-0.4, -0.2) is 10.9 Å². The minimum Gasteiger partial charge on any atom is -0.326 e. The number of benzene rings is 2. The summed E-state index contributed by atoms with van der Waals surface area (Å²) in [6.07, 6.45) is 3.58. The Bertz CT molecular complexity index is 799. The number of aromatic nitrogens is 1. The third-order valence-electron chi connectivity index (χ3n) is 3.97. The van der Waals surface area contributed by atoms with Gasteiger partial charge in [-0.3, -0.25) is 9.78 Å². The highest BCUT2D eigenvalue weighted by Crippen LogP contribution is 2.24. The number of pyridine rings is 1. The molecule has 23 heavy (non-hydrogen) atoms. The van der Waals surface area contributed by atoms with Gasteiger partial charge in [-0.15, -0.1) is 0 Å². The maximum atomic E-state index is 12.7. The van der Waals surface area contributed by atoms with E-state index in [0.29, 0.717) is 0 Å². The van der Waals surface area contributed by atoms with E-state index in [1.54, 1.807) is 6.20 Å². The minimum atomic E-state index is -0.120. The van der Waals surface area contributed by atoms with E-state index in [0.717, 1.165) is 35.0 Å². The fourth-order valence-corrected chi connectivity index (χ4v) is 2.81. The summed E-state index contributed by atoms with van der Waals surface area (Å²) in [5, 5.41) is 4.08. The molecule has 0 bridgehead atoms. The quantitative estimate of drug-likeness (QED) is 0.738. The number of carbonyl (C=O) groups excluding carboxylic acids is 1. The van der Waals surface area contributed by atoms with Crippen molar-refractivity contribution in [2.75, 3.05) is 5.32 Å². The van der Waals surface area contributed by atoms with Gasteiger partial charge in [0.2, 0.25) is 5.91 Å². The smallest absolute Gasteiger partial charge is 0.231 e. The fourth-order valence-electron chi connectivity index (χ4n) is 2.81. The molecule has 1 heterocycles. The summed E-state index contributed by atoms with van der Waals surface area (Å²) in [5.74, 6) is -0.0768. The number of nitrogens with zero attached hydrogens (tertiary/aromatic N) is 1. The molecule has 3 rings (SSSR count). The zero-order valence-corrected chi connectivity index (χ0v) is 13.2. The minimum absolute atomic E-state index is 0.0429.